The normalized spacial score (nSPS) is 22.1. The first-order chi connectivity index (χ1) is 8.13. The standard InChI is InChI=1S/C13H19N3O/c1-4-10-6-9(7-12(14-3)15-10)13(17)16-11-5-8(11)2/h6-8,11H,4-5H2,1-3H3,(H,14,15)(H,16,17). The summed E-state index contributed by atoms with van der Waals surface area (Å²) in [4.78, 5) is 16.4. The summed E-state index contributed by atoms with van der Waals surface area (Å²) >= 11 is 0. The second kappa shape index (κ2) is 4.73. The van der Waals surface area contributed by atoms with Crippen molar-refractivity contribution in [1.82, 2.24) is 10.3 Å². The largest absolute Gasteiger partial charge is 0.373 e. The lowest BCUT2D eigenvalue weighted by molar-refractivity contribution is 0.0949. The summed E-state index contributed by atoms with van der Waals surface area (Å²) in [5.41, 5.74) is 1.63. The van der Waals surface area contributed by atoms with E-state index in [1.165, 1.54) is 0 Å². The molecule has 1 heterocycles. The summed E-state index contributed by atoms with van der Waals surface area (Å²) in [5.74, 6) is 1.38. The number of amides is 1. The second-order valence-electron chi connectivity index (χ2n) is 4.63. The van der Waals surface area contributed by atoms with Crippen molar-refractivity contribution in [3.8, 4) is 0 Å². The summed E-state index contributed by atoms with van der Waals surface area (Å²) in [6.45, 7) is 4.18. The van der Waals surface area contributed by atoms with Crippen LogP contribution in [0.25, 0.3) is 0 Å². The van der Waals surface area contributed by atoms with E-state index in [1.54, 1.807) is 6.07 Å². The number of nitrogens with one attached hydrogen (secondary N) is 2. The Hall–Kier alpha value is -1.58. The van der Waals surface area contributed by atoms with Crippen LogP contribution in [0.2, 0.25) is 0 Å². The lowest BCUT2D eigenvalue weighted by atomic mass is 10.2. The summed E-state index contributed by atoms with van der Waals surface area (Å²) in [6, 6.07) is 4.02. The van der Waals surface area contributed by atoms with E-state index in [2.05, 4.69) is 22.5 Å². The Balaban J connectivity index is 2.15. The van der Waals surface area contributed by atoms with Crippen LogP contribution >= 0.6 is 0 Å². The molecule has 1 saturated carbocycles. The van der Waals surface area contributed by atoms with Gasteiger partial charge in [-0.05, 0) is 30.9 Å². The van der Waals surface area contributed by atoms with Crippen LogP contribution in [0, 0.1) is 5.92 Å². The van der Waals surface area contributed by atoms with E-state index in [0.29, 0.717) is 17.5 Å². The van der Waals surface area contributed by atoms with E-state index in [1.807, 2.05) is 20.0 Å². The number of carbonyl (C=O) groups is 1. The molecule has 2 unspecified atom stereocenters. The van der Waals surface area contributed by atoms with Crippen molar-refractivity contribution in [2.24, 2.45) is 5.92 Å². The molecular formula is C13H19N3O. The van der Waals surface area contributed by atoms with Crippen LogP contribution in [-0.2, 0) is 6.42 Å². The quantitative estimate of drug-likeness (QED) is 0.834. The predicted molar refractivity (Wildman–Crippen MR) is 68.2 cm³/mol. The van der Waals surface area contributed by atoms with E-state index in [0.717, 1.165) is 24.4 Å². The first-order valence-electron chi connectivity index (χ1n) is 6.13. The highest BCUT2D eigenvalue weighted by Gasteiger charge is 2.34. The van der Waals surface area contributed by atoms with Crippen molar-refractivity contribution in [2.45, 2.75) is 32.7 Å². The molecule has 1 fully saturated rings. The summed E-state index contributed by atoms with van der Waals surface area (Å²) in [5, 5.41) is 6.01. The Morgan fingerprint density at radius 3 is 2.76 bits per heavy atom. The van der Waals surface area contributed by atoms with E-state index in [-0.39, 0.29) is 5.91 Å². The number of nitrogens with zero attached hydrogens (tertiary/aromatic N) is 1. The molecule has 92 valence electrons. The molecule has 4 heteroatoms. The number of hydrogen-bond acceptors (Lipinski definition) is 3. The molecule has 17 heavy (non-hydrogen) atoms. The topological polar surface area (TPSA) is 54.0 Å². The zero-order valence-electron chi connectivity index (χ0n) is 10.6. The van der Waals surface area contributed by atoms with Crippen LogP contribution in [0.5, 0.6) is 0 Å². The molecule has 1 aliphatic rings. The monoisotopic (exact) mass is 233 g/mol. The van der Waals surface area contributed by atoms with Gasteiger partial charge in [0.2, 0.25) is 0 Å². The maximum absolute atomic E-state index is 12.0. The molecule has 0 bridgehead atoms. The van der Waals surface area contributed by atoms with Crippen molar-refractivity contribution in [1.29, 1.82) is 0 Å². The van der Waals surface area contributed by atoms with E-state index >= 15 is 0 Å². The number of anilines is 1. The van der Waals surface area contributed by atoms with Gasteiger partial charge in [0.1, 0.15) is 5.82 Å². The predicted octanol–water partition coefficient (Wildman–Crippen LogP) is 1.82. The van der Waals surface area contributed by atoms with Gasteiger partial charge < -0.3 is 10.6 Å². The highest BCUT2D eigenvalue weighted by atomic mass is 16.1. The lowest BCUT2D eigenvalue weighted by Gasteiger charge is -2.08. The number of pyridine rings is 1. The fourth-order valence-corrected chi connectivity index (χ4v) is 1.80. The zero-order chi connectivity index (χ0) is 12.4. The van der Waals surface area contributed by atoms with Crippen molar-refractivity contribution >= 4 is 11.7 Å². The molecule has 2 rings (SSSR count). The zero-order valence-corrected chi connectivity index (χ0v) is 10.6. The van der Waals surface area contributed by atoms with Crippen LogP contribution in [0.4, 0.5) is 5.82 Å². The fourth-order valence-electron chi connectivity index (χ4n) is 1.80. The van der Waals surface area contributed by atoms with Gasteiger partial charge in [0.25, 0.3) is 5.91 Å². The number of rotatable bonds is 4. The molecule has 2 atom stereocenters. The second-order valence-corrected chi connectivity index (χ2v) is 4.63. The third-order valence-corrected chi connectivity index (χ3v) is 3.18. The SMILES string of the molecule is CCc1cc(C(=O)NC2CC2C)cc(NC)n1. The van der Waals surface area contributed by atoms with Gasteiger partial charge >= 0.3 is 0 Å². The molecule has 0 aromatic carbocycles. The first-order valence-corrected chi connectivity index (χ1v) is 6.13. The number of hydrogen-bond donors (Lipinski definition) is 2. The number of aryl methyl sites for hydroxylation is 1. The smallest absolute Gasteiger partial charge is 0.251 e. The molecule has 0 saturated heterocycles. The van der Waals surface area contributed by atoms with E-state index in [9.17, 15) is 4.79 Å². The molecule has 1 aliphatic carbocycles. The van der Waals surface area contributed by atoms with Crippen molar-refractivity contribution < 1.29 is 4.79 Å². The first kappa shape index (κ1) is 11.9. The highest BCUT2D eigenvalue weighted by molar-refractivity contribution is 5.95. The fraction of sp³-hybridized carbons (Fsp3) is 0.538. The number of carbonyl (C=O) groups excluding carboxylic acids is 1. The summed E-state index contributed by atoms with van der Waals surface area (Å²) in [6.07, 6.45) is 1.92. The Kier molecular flexibility index (Phi) is 3.31. The van der Waals surface area contributed by atoms with Gasteiger partial charge in [0.15, 0.2) is 0 Å². The Labute approximate surface area is 102 Å². The van der Waals surface area contributed by atoms with E-state index in [4.69, 9.17) is 0 Å². The maximum atomic E-state index is 12.0. The van der Waals surface area contributed by atoms with Gasteiger partial charge in [0, 0.05) is 24.3 Å². The Morgan fingerprint density at radius 1 is 1.53 bits per heavy atom. The van der Waals surface area contributed by atoms with Crippen molar-refractivity contribution in [3.05, 3.63) is 23.4 Å². The van der Waals surface area contributed by atoms with Gasteiger partial charge in [-0.2, -0.15) is 0 Å². The molecule has 0 aliphatic heterocycles. The molecule has 0 radical (unpaired) electrons. The van der Waals surface area contributed by atoms with E-state index < -0.39 is 0 Å². The summed E-state index contributed by atoms with van der Waals surface area (Å²) < 4.78 is 0. The molecule has 4 nitrogen and oxygen atoms in total. The third-order valence-electron chi connectivity index (χ3n) is 3.18. The van der Waals surface area contributed by atoms with Crippen LogP contribution in [0.1, 0.15) is 36.3 Å². The van der Waals surface area contributed by atoms with Crippen molar-refractivity contribution in [2.75, 3.05) is 12.4 Å². The average Bonchev–Trinajstić information content (AvgIpc) is 3.04. The molecule has 1 aromatic heterocycles. The Morgan fingerprint density at radius 2 is 2.24 bits per heavy atom. The highest BCUT2D eigenvalue weighted by Crippen LogP contribution is 2.29. The van der Waals surface area contributed by atoms with Gasteiger partial charge in [-0.25, -0.2) is 4.98 Å². The number of aromatic nitrogens is 1. The van der Waals surface area contributed by atoms with Gasteiger partial charge in [-0.15, -0.1) is 0 Å². The third kappa shape index (κ3) is 2.75. The van der Waals surface area contributed by atoms with Gasteiger partial charge in [0.05, 0.1) is 0 Å². The maximum Gasteiger partial charge on any atom is 0.251 e. The minimum atomic E-state index is 0.00736. The summed E-state index contributed by atoms with van der Waals surface area (Å²) in [7, 11) is 1.81. The molecular weight excluding hydrogens is 214 g/mol. The van der Waals surface area contributed by atoms with Crippen LogP contribution in [0.15, 0.2) is 12.1 Å². The lowest BCUT2D eigenvalue weighted by Crippen LogP contribution is -2.26. The minimum absolute atomic E-state index is 0.00736. The van der Waals surface area contributed by atoms with Gasteiger partial charge in [-0.1, -0.05) is 13.8 Å². The van der Waals surface area contributed by atoms with Gasteiger partial charge in [-0.3, -0.25) is 4.79 Å². The molecule has 1 aromatic rings. The molecule has 1 amide bonds. The minimum Gasteiger partial charge on any atom is -0.373 e. The van der Waals surface area contributed by atoms with Crippen LogP contribution in [0.3, 0.4) is 0 Å². The Bertz CT molecular complexity index is 408. The van der Waals surface area contributed by atoms with Crippen LogP contribution in [-0.4, -0.2) is 24.0 Å². The van der Waals surface area contributed by atoms with Crippen molar-refractivity contribution in [3.63, 3.8) is 0 Å². The van der Waals surface area contributed by atoms with Crippen LogP contribution < -0.4 is 10.6 Å². The average molecular weight is 233 g/mol. The molecule has 0 spiro atoms. The molecule has 2 N–H and O–H groups in total.